The van der Waals surface area contributed by atoms with Gasteiger partial charge in [0.25, 0.3) is 10.0 Å². The van der Waals surface area contributed by atoms with Crippen LogP contribution in [0.2, 0.25) is 0 Å². The van der Waals surface area contributed by atoms with E-state index in [0.717, 1.165) is 6.42 Å². The zero-order valence-electron chi connectivity index (χ0n) is 11.3. The van der Waals surface area contributed by atoms with E-state index >= 15 is 0 Å². The van der Waals surface area contributed by atoms with E-state index in [2.05, 4.69) is 67.7 Å². The Morgan fingerprint density at radius 3 is 2.42 bits per heavy atom. The highest BCUT2D eigenvalue weighted by Gasteiger charge is 2.25. The van der Waals surface area contributed by atoms with Gasteiger partial charge in [0, 0.05) is 18.4 Å². The molecule has 110 valence electrons. The molecule has 0 spiro atoms. The summed E-state index contributed by atoms with van der Waals surface area (Å²) >= 11 is 6.57. The molecule has 1 atom stereocenters. The SMILES string of the molecule is Cn1nnc(Br)c1S(=O)(=O)NCC(Br)CC(C)(C)C. The number of halogens is 2. The van der Waals surface area contributed by atoms with Crippen LogP contribution in [-0.4, -0.2) is 34.8 Å². The largest absolute Gasteiger partial charge is 0.260 e. The Morgan fingerprint density at radius 2 is 2.00 bits per heavy atom. The number of alkyl halides is 1. The second-order valence-electron chi connectivity index (χ2n) is 5.52. The first-order chi connectivity index (χ1) is 8.53. The molecular formula is C10H18Br2N4O2S. The van der Waals surface area contributed by atoms with E-state index in [1.54, 1.807) is 0 Å². The van der Waals surface area contributed by atoms with Gasteiger partial charge in [0.15, 0.2) is 4.60 Å². The molecule has 0 saturated carbocycles. The second-order valence-corrected chi connectivity index (χ2v) is 9.25. The molecule has 1 N–H and O–H groups in total. The minimum atomic E-state index is -3.62. The van der Waals surface area contributed by atoms with Gasteiger partial charge < -0.3 is 0 Å². The van der Waals surface area contributed by atoms with Crippen molar-refractivity contribution in [2.75, 3.05) is 6.54 Å². The highest BCUT2D eigenvalue weighted by molar-refractivity contribution is 9.10. The smallest absolute Gasteiger partial charge is 0.235 e. The summed E-state index contributed by atoms with van der Waals surface area (Å²) in [6.45, 7) is 6.64. The lowest BCUT2D eigenvalue weighted by atomic mass is 9.91. The molecule has 1 aromatic rings. The third kappa shape index (κ3) is 5.13. The average Bonchev–Trinajstić information content (AvgIpc) is 2.54. The molecule has 1 aromatic heterocycles. The monoisotopic (exact) mass is 416 g/mol. The van der Waals surface area contributed by atoms with E-state index in [0.29, 0.717) is 6.54 Å². The third-order valence-electron chi connectivity index (χ3n) is 2.32. The highest BCUT2D eigenvalue weighted by Crippen LogP contribution is 2.25. The fourth-order valence-corrected chi connectivity index (χ4v) is 5.13. The van der Waals surface area contributed by atoms with Crippen LogP contribution >= 0.6 is 31.9 Å². The van der Waals surface area contributed by atoms with Crippen molar-refractivity contribution in [2.24, 2.45) is 12.5 Å². The minimum Gasteiger partial charge on any atom is -0.235 e. The number of hydrogen-bond donors (Lipinski definition) is 1. The topological polar surface area (TPSA) is 76.9 Å². The third-order valence-corrected chi connectivity index (χ3v) is 5.28. The molecule has 0 bridgehead atoms. The summed E-state index contributed by atoms with van der Waals surface area (Å²) in [5.41, 5.74) is 0.133. The van der Waals surface area contributed by atoms with E-state index in [1.807, 2.05) is 0 Å². The van der Waals surface area contributed by atoms with E-state index in [1.165, 1.54) is 11.7 Å². The van der Waals surface area contributed by atoms with Crippen molar-refractivity contribution in [1.82, 2.24) is 19.7 Å². The Kier molecular flexibility index (Phi) is 5.56. The van der Waals surface area contributed by atoms with E-state index in [-0.39, 0.29) is 19.9 Å². The normalized spacial score (nSPS) is 14.6. The van der Waals surface area contributed by atoms with Crippen LogP contribution in [0.25, 0.3) is 0 Å². The summed E-state index contributed by atoms with van der Waals surface area (Å²) in [6, 6.07) is 0. The second kappa shape index (κ2) is 6.19. The minimum absolute atomic E-state index is 0.0305. The van der Waals surface area contributed by atoms with E-state index in [4.69, 9.17) is 0 Å². The molecular weight excluding hydrogens is 400 g/mol. The number of aromatic nitrogens is 3. The van der Waals surface area contributed by atoms with Gasteiger partial charge in [-0.05, 0) is 27.8 Å². The summed E-state index contributed by atoms with van der Waals surface area (Å²) in [4.78, 5) is 0.0715. The van der Waals surface area contributed by atoms with Crippen LogP contribution < -0.4 is 4.72 Å². The van der Waals surface area contributed by atoms with Crippen molar-refractivity contribution in [1.29, 1.82) is 0 Å². The zero-order chi connectivity index (χ0) is 14.8. The first-order valence-electron chi connectivity index (χ1n) is 5.72. The molecule has 1 heterocycles. The van der Waals surface area contributed by atoms with Gasteiger partial charge in [0.05, 0.1) is 0 Å². The van der Waals surface area contributed by atoms with Gasteiger partial charge >= 0.3 is 0 Å². The first-order valence-corrected chi connectivity index (χ1v) is 8.91. The van der Waals surface area contributed by atoms with Crippen LogP contribution in [-0.2, 0) is 17.1 Å². The number of rotatable bonds is 5. The summed E-state index contributed by atoms with van der Waals surface area (Å²) in [7, 11) is -2.08. The van der Waals surface area contributed by atoms with Crippen LogP contribution in [0.15, 0.2) is 9.63 Å². The maximum absolute atomic E-state index is 12.1. The predicted molar refractivity (Wildman–Crippen MR) is 80.7 cm³/mol. The first kappa shape index (κ1) is 17.1. The molecule has 9 heteroatoms. The van der Waals surface area contributed by atoms with E-state index < -0.39 is 10.0 Å². The van der Waals surface area contributed by atoms with Crippen LogP contribution in [0.5, 0.6) is 0 Å². The Morgan fingerprint density at radius 1 is 1.42 bits per heavy atom. The number of aryl methyl sites for hydroxylation is 1. The molecule has 0 aromatic carbocycles. The standard InChI is InChI=1S/C10H18Br2N4O2S/c1-10(2,3)5-7(11)6-13-19(17,18)9-8(12)14-15-16(9)4/h7,13H,5-6H2,1-4H3. The quantitative estimate of drug-likeness (QED) is 0.743. The Labute approximate surface area is 130 Å². The molecule has 19 heavy (non-hydrogen) atoms. The van der Waals surface area contributed by atoms with Crippen molar-refractivity contribution >= 4 is 41.9 Å². The number of hydrogen-bond acceptors (Lipinski definition) is 4. The lowest BCUT2D eigenvalue weighted by Gasteiger charge is -2.22. The van der Waals surface area contributed by atoms with Gasteiger partial charge in [-0.3, -0.25) is 0 Å². The van der Waals surface area contributed by atoms with Crippen LogP contribution in [0.1, 0.15) is 27.2 Å². The molecule has 1 unspecified atom stereocenters. The molecule has 0 fully saturated rings. The number of sulfonamides is 1. The lowest BCUT2D eigenvalue weighted by molar-refractivity contribution is 0.373. The maximum Gasteiger partial charge on any atom is 0.260 e. The molecule has 0 aliphatic rings. The molecule has 0 aliphatic carbocycles. The Hall–Kier alpha value is 0.01000. The zero-order valence-corrected chi connectivity index (χ0v) is 15.3. The van der Waals surface area contributed by atoms with Crippen molar-refractivity contribution in [3.8, 4) is 0 Å². The lowest BCUT2D eigenvalue weighted by Crippen LogP contribution is -2.32. The van der Waals surface area contributed by atoms with Crippen LogP contribution in [0.4, 0.5) is 0 Å². The Balaban J connectivity index is 2.72. The molecule has 1 rings (SSSR count). The van der Waals surface area contributed by atoms with E-state index in [9.17, 15) is 8.42 Å². The fraction of sp³-hybridized carbons (Fsp3) is 0.800. The van der Waals surface area contributed by atoms with Gasteiger partial charge in [-0.25, -0.2) is 17.8 Å². The molecule has 0 radical (unpaired) electrons. The van der Waals surface area contributed by atoms with Gasteiger partial charge in [-0.15, -0.1) is 5.10 Å². The molecule has 0 amide bonds. The van der Waals surface area contributed by atoms with Gasteiger partial charge in [-0.2, -0.15) is 0 Å². The molecule has 0 saturated heterocycles. The fourth-order valence-electron chi connectivity index (χ4n) is 1.61. The number of nitrogens with one attached hydrogen (secondary N) is 1. The van der Waals surface area contributed by atoms with Crippen molar-refractivity contribution in [3.63, 3.8) is 0 Å². The van der Waals surface area contributed by atoms with Crippen molar-refractivity contribution in [2.45, 2.75) is 37.0 Å². The van der Waals surface area contributed by atoms with Crippen molar-refractivity contribution in [3.05, 3.63) is 4.60 Å². The van der Waals surface area contributed by atoms with Gasteiger partial charge in [0.2, 0.25) is 5.03 Å². The van der Waals surface area contributed by atoms with Gasteiger partial charge in [-0.1, -0.05) is 41.9 Å². The van der Waals surface area contributed by atoms with Crippen LogP contribution in [0, 0.1) is 5.41 Å². The summed E-state index contributed by atoms with van der Waals surface area (Å²) in [6.07, 6.45) is 0.861. The summed E-state index contributed by atoms with van der Waals surface area (Å²) in [5, 5.41) is 7.36. The number of nitrogens with zero attached hydrogens (tertiary/aromatic N) is 3. The molecule has 6 nitrogen and oxygen atoms in total. The van der Waals surface area contributed by atoms with Gasteiger partial charge in [0.1, 0.15) is 0 Å². The highest BCUT2D eigenvalue weighted by atomic mass is 79.9. The maximum atomic E-state index is 12.1. The molecule has 0 aliphatic heterocycles. The average molecular weight is 418 g/mol. The van der Waals surface area contributed by atoms with Crippen LogP contribution in [0.3, 0.4) is 0 Å². The summed E-state index contributed by atoms with van der Waals surface area (Å²) < 4.78 is 28.3. The Bertz CT molecular complexity index is 517. The predicted octanol–water partition coefficient (Wildman–Crippen LogP) is 2.06. The van der Waals surface area contributed by atoms with Crippen molar-refractivity contribution < 1.29 is 8.42 Å². The summed E-state index contributed by atoms with van der Waals surface area (Å²) in [5.74, 6) is 0.